The molecule has 0 amide bonds. The molecule has 0 saturated heterocycles. The van der Waals surface area contributed by atoms with E-state index in [-0.39, 0.29) is 0 Å². The molecule has 4 aromatic carbocycles. The van der Waals surface area contributed by atoms with Crippen LogP contribution in [0.25, 0.3) is 0 Å². The summed E-state index contributed by atoms with van der Waals surface area (Å²) >= 11 is 0. The summed E-state index contributed by atoms with van der Waals surface area (Å²) in [6, 6.07) is 31.0. The molecule has 162 valence electrons. The second kappa shape index (κ2) is 9.84. The maximum Gasteiger partial charge on any atom is 0.250 e. The molecule has 0 saturated carbocycles. The van der Waals surface area contributed by atoms with Gasteiger partial charge in [0.2, 0.25) is 0 Å². The summed E-state index contributed by atoms with van der Waals surface area (Å²) in [5.41, 5.74) is 2.46. The Hall–Kier alpha value is -3.37. The summed E-state index contributed by atoms with van der Waals surface area (Å²) in [6.45, 7) is 4.21. The zero-order valence-electron chi connectivity index (χ0n) is 18.8. The Balaban J connectivity index is 1.89. The maximum atomic E-state index is 6.41. The van der Waals surface area contributed by atoms with Crippen molar-refractivity contribution in [2.75, 3.05) is 14.2 Å². The Morgan fingerprint density at radius 2 is 1.09 bits per heavy atom. The molecule has 0 atom stereocenters. The molecule has 0 bridgehead atoms. The van der Waals surface area contributed by atoms with E-state index in [2.05, 4.69) is 62.4 Å². The second-order valence-electron chi connectivity index (χ2n) is 7.50. The van der Waals surface area contributed by atoms with Gasteiger partial charge >= 0.3 is 0 Å². The molecule has 0 radical (unpaired) electrons. The lowest BCUT2D eigenvalue weighted by atomic mass is 10.2. The minimum atomic E-state index is -0.416. The third kappa shape index (κ3) is 4.76. The van der Waals surface area contributed by atoms with Gasteiger partial charge in [0, 0.05) is 6.07 Å². The first-order valence-corrected chi connectivity index (χ1v) is 11.7. The van der Waals surface area contributed by atoms with E-state index in [0.29, 0.717) is 0 Å². The lowest BCUT2D eigenvalue weighted by Gasteiger charge is -2.16. The molecule has 3 nitrogen and oxygen atoms in total. The number of hydrogen-bond acceptors (Lipinski definition) is 3. The smallest absolute Gasteiger partial charge is 0.250 e. The van der Waals surface area contributed by atoms with Gasteiger partial charge in [-0.25, -0.2) is 0 Å². The van der Waals surface area contributed by atoms with Crippen molar-refractivity contribution in [1.29, 1.82) is 0 Å². The van der Waals surface area contributed by atoms with Crippen LogP contribution in [0.4, 0.5) is 0 Å². The zero-order chi connectivity index (χ0) is 22.5. The van der Waals surface area contributed by atoms with E-state index in [9.17, 15) is 0 Å². The van der Waals surface area contributed by atoms with Crippen LogP contribution in [0.2, 0.25) is 0 Å². The van der Waals surface area contributed by atoms with Crippen molar-refractivity contribution in [1.82, 2.24) is 0 Å². The Morgan fingerprint density at radius 1 is 0.562 bits per heavy atom. The van der Waals surface area contributed by atoms with Crippen molar-refractivity contribution in [3.8, 4) is 23.0 Å². The van der Waals surface area contributed by atoms with Crippen LogP contribution in [0, 0.1) is 13.8 Å². The summed E-state index contributed by atoms with van der Waals surface area (Å²) in [6.07, 6.45) is 0. The summed E-state index contributed by atoms with van der Waals surface area (Å²) in [7, 11) is 2.95. The third-order valence-electron chi connectivity index (χ3n) is 5.15. The Kier molecular flexibility index (Phi) is 6.72. The molecule has 4 rings (SSSR count). The van der Waals surface area contributed by atoms with Crippen LogP contribution >= 0.6 is 0 Å². The van der Waals surface area contributed by atoms with Gasteiger partial charge in [0.25, 0.3) is 4.90 Å². The number of hydrogen-bond donors (Lipinski definition) is 0. The van der Waals surface area contributed by atoms with Crippen LogP contribution in [-0.4, -0.2) is 14.2 Å². The molecule has 0 aliphatic heterocycles. The number of rotatable bonds is 7. The van der Waals surface area contributed by atoms with Gasteiger partial charge in [-0.15, -0.1) is 0 Å². The topological polar surface area (TPSA) is 27.7 Å². The number of ether oxygens (including phenoxy) is 3. The molecule has 0 aliphatic carbocycles. The van der Waals surface area contributed by atoms with E-state index in [4.69, 9.17) is 14.2 Å². The molecule has 0 aromatic heterocycles. The molecule has 0 N–H and O–H groups in total. The highest BCUT2D eigenvalue weighted by Gasteiger charge is 2.36. The molecule has 0 spiro atoms. The first kappa shape index (κ1) is 21.8. The summed E-state index contributed by atoms with van der Waals surface area (Å²) < 4.78 is 17.6. The van der Waals surface area contributed by atoms with E-state index in [1.807, 2.05) is 42.5 Å². The predicted molar refractivity (Wildman–Crippen MR) is 131 cm³/mol. The van der Waals surface area contributed by atoms with Crippen LogP contribution in [0.15, 0.2) is 106 Å². The summed E-state index contributed by atoms with van der Waals surface area (Å²) in [5, 5.41) is 0. The number of methoxy groups -OCH3 is 2. The van der Waals surface area contributed by atoms with Gasteiger partial charge in [0.1, 0.15) is 22.4 Å². The highest BCUT2D eigenvalue weighted by molar-refractivity contribution is 7.97. The average Bonchev–Trinajstić information content (AvgIpc) is 2.82. The molecule has 0 aliphatic rings. The maximum absolute atomic E-state index is 6.41. The van der Waals surface area contributed by atoms with Crippen LogP contribution in [-0.2, 0) is 10.9 Å². The normalized spacial score (nSPS) is 10.8. The predicted octanol–water partition coefficient (Wildman–Crippen LogP) is 7.21. The van der Waals surface area contributed by atoms with Crippen molar-refractivity contribution in [3.05, 3.63) is 102 Å². The van der Waals surface area contributed by atoms with Crippen molar-refractivity contribution in [2.24, 2.45) is 0 Å². The van der Waals surface area contributed by atoms with E-state index >= 15 is 0 Å². The highest BCUT2D eigenvalue weighted by atomic mass is 32.2. The lowest BCUT2D eigenvalue weighted by Crippen LogP contribution is -2.08. The van der Waals surface area contributed by atoms with E-state index < -0.39 is 10.9 Å². The SMILES string of the molecule is COc1cccc(Oc2cccc(OC)c2[S+](c2ccc(C)cc2)c2ccc(C)cc2)c1. The van der Waals surface area contributed by atoms with Crippen LogP contribution in [0.1, 0.15) is 11.1 Å². The molecule has 4 heteroatoms. The van der Waals surface area contributed by atoms with Gasteiger partial charge in [-0.3, -0.25) is 0 Å². The van der Waals surface area contributed by atoms with E-state index in [1.54, 1.807) is 14.2 Å². The molecular weight excluding hydrogens is 416 g/mol. The minimum absolute atomic E-state index is 0.416. The summed E-state index contributed by atoms with van der Waals surface area (Å²) in [4.78, 5) is 3.43. The summed E-state index contributed by atoms with van der Waals surface area (Å²) in [5.74, 6) is 3.04. The Bertz CT molecular complexity index is 1140. The Morgan fingerprint density at radius 3 is 1.66 bits per heavy atom. The fraction of sp³-hybridized carbons (Fsp3) is 0.143. The fourth-order valence-electron chi connectivity index (χ4n) is 3.45. The van der Waals surface area contributed by atoms with E-state index in [1.165, 1.54) is 20.9 Å². The van der Waals surface area contributed by atoms with Crippen molar-refractivity contribution >= 4 is 10.9 Å². The van der Waals surface area contributed by atoms with Crippen LogP contribution in [0.5, 0.6) is 23.0 Å². The molecule has 0 fully saturated rings. The number of aryl methyl sites for hydroxylation is 2. The zero-order valence-corrected chi connectivity index (χ0v) is 19.6. The van der Waals surface area contributed by atoms with Gasteiger partial charge in [0.05, 0.1) is 14.2 Å². The average molecular weight is 444 g/mol. The first-order valence-electron chi connectivity index (χ1n) is 10.5. The van der Waals surface area contributed by atoms with Crippen LogP contribution < -0.4 is 14.2 Å². The monoisotopic (exact) mass is 443 g/mol. The molecule has 32 heavy (non-hydrogen) atoms. The van der Waals surface area contributed by atoms with Gasteiger partial charge in [-0.05, 0) is 62.4 Å². The highest BCUT2D eigenvalue weighted by Crippen LogP contribution is 2.44. The molecule has 4 aromatic rings. The Labute approximate surface area is 192 Å². The van der Waals surface area contributed by atoms with Crippen molar-refractivity contribution in [2.45, 2.75) is 28.5 Å². The van der Waals surface area contributed by atoms with Gasteiger partial charge in [-0.1, -0.05) is 47.5 Å². The quantitative estimate of drug-likeness (QED) is 0.283. The van der Waals surface area contributed by atoms with Gasteiger partial charge in [-0.2, -0.15) is 0 Å². The van der Waals surface area contributed by atoms with E-state index in [0.717, 1.165) is 27.9 Å². The largest absolute Gasteiger partial charge is 0.497 e. The van der Waals surface area contributed by atoms with Gasteiger partial charge < -0.3 is 14.2 Å². The van der Waals surface area contributed by atoms with Gasteiger partial charge in [0.15, 0.2) is 21.3 Å². The molecule has 0 heterocycles. The fourth-order valence-corrected chi connectivity index (χ4v) is 5.67. The first-order chi connectivity index (χ1) is 15.6. The van der Waals surface area contributed by atoms with Crippen molar-refractivity contribution < 1.29 is 14.2 Å². The second-order valence-corrected chi connectivity index (χ2v) is 9.46. The number of benzene rings is 4. The molecule has 0 unspecified atom stereocenters. The van der Waals surface area contributed by atoms with Crippen molar-refractivity contribution in [3.63, 3.8) is 0 Å². The lowest BCUT2D eigenvalue weighted by molar-refractivity contribution is 0.391. The van der Waals surface area contributed by atoms with Crippen LogP contribution in [0.3, 0.4) is 0 Å². The minimum Gasteiger partial charge on any atom is -0.497 e. The standard InChI is InChI=1S/C28H27O3S/c1-20-11-15-24(16-12-20)32(25-17-13-21(2)14-18-25)28-26(30-4)9-6-10-27(28)31-23-8-5-7-22(19-23)29-3/h5-19H,1-4H3/q+1. The molecular formula is C28H27O3S+. The third-order valence-corrected chi connectivity index (χ3v) is 7.45.